The summed E-state index contributed by atoms with van der Waals surface area (Å²) in [7, 11) is 0. The molecule has 3 fully saturated rings. The third-order valence-corrected chi connectivity index (χ3v) is 7.59. The number of hydrogen-bond acceptors (Lipinski definition) is 7. The molecule has 142 valence electrons. The van der Waals surface area contributed by atoms with Gasteiger partial charge in [0.1, 0.15) is 0 Å². The van der Waals surface area contributed by atoms with Gasteiger partial charge in [0.05, 0.1) is 0 Å². The summed E-state index contributed by atoms with van der Waals surface area (Å²) in [5.41, 5.74) is 0.671. The normalized spacial score (nSPS) is 26.7. The van der Waals surface area contributed by atoms with Crippen molar-refractivity contribution in [1.82, 2.24) is 20.4 Å². The number of carbonyl (C=O) groups is 2. The van der Waals surface area contributed by atoms with Crippen molar-refractivity contribution in [2.75, 3.05) is 13.1 Å². The van der Waals surface area contributed by atoms with Gasteiger partial charge in [0.25, 0.3) is 5.91 Å². The van der Waals surface area contributed by atoms with Crippen LogP contribution in [0.2, 0.25) is 0 Å². The second-order valence-corrected chi connectivity index (χ2v) is 9.47. The molecule has 1 aromatic heterocycles. The van der Waals surface area contributed by atoms with E-state index >= 15 is 0 Å². The highest BCUT2D eigenvalue weighted by molar-refractivity contribution is 8.01. The minimum absolute atomic E-state index is 0.00747. The standard InChI is InChI=1S/C19H22N4O2S2/c1-11-16(13-7-9-23(11)10-8-13)20-17(25)14-3-5-15(6-4-14)26-19-22-21-18(27-19)12(2)24/h3-6,11,13,16H,7-10H2,1-2H3,(H,20,25)/t11-,16-/m0/s1. The predicted molar refractivity (Wildman–Crippen MR) is 105 cm³/mol. The fraction of sp³-hybridized carbons (Fsp3) is 0.474. The lowest BCUT2D eigenvalue weighted by Crippen LogP contribution is -2.62. The summed E-state index contributed by atoms with van der Waals surface area (Å²) in [5.74, 6) is 0.511. The lowest BCUT2D eigenvalue weighted by atomic mass is 9.79. The number of hydrogen-bond donors (Lipinski definition) is 1. The molecule has 0 spiro atoms. The molecule has 0 aliphatic carbocycles. The molecule has 1 amide bonds. The Labute approximate surface area is 166 Å². The fourth-order valence-electron chi connectivity index (χ4n) is 3.95. The average Bonchev–Trinajstić information content (AvgIpc) is 3.14. The third-order valence-electron chi connectivity index (χ3n) is 5.50. The van der Waals surface area contributed by atoms with Crippen LogP contribution in [0.1, 0.15) is 46.8 Å². The van der Waals surface area contributed by atoms with Gasteiger partial charge in [-0.25, -0.2) is 0 Å². The number of benzene rings is 1. The smallest absolute Gasteiger partial charge is 0.251 e. The Morgan fingerprint density at radius 1 is 1.19 bits per heavy atom. The first kappa shape index (κ1) is 18.6. The number of carbonyl (C=O) groups excluding carboxylic acids is 2. The number of nitrogens with zero attached hydrogens (tertiary/aromatic N) is 3. The van der Waals surface area contributed by atoms with Crippen LogP contribution in [0.25, 0.3) is 0 Å². The predicted octanol–water partition coefficient (Wildman–Crippen LogP) is 3.10. The first-order valence-corrected chi connectivity index (χ1v) is 10.8. The maximum Gasteiger partial charge on any atom is 0.251 e. The van der Waals surface area contributed by atoms with Crippen LogP contribution in [0.15, 0.2) is 33.5 Å². The molecule has 8 heteroatoms. The largest absolute Gasteiger partial charge is 0.347 e. The third kappa shape index (κ3) is 3.93. The van der Waals surface area contributed by atoms with Crippen molar-refractivity contribution in [2.45, 2.75) is 48.0 Å². The quantitative estimate of drug-likeness (QED) is 0.775. The molecule has 2 bridgehead atoms. The van der Waals surface area contributed by atoms with Gasteiger partial charge in [-0.05, 0) is 63.0 Å². The maximum atomic E-state index is 12.7. The molecule has 5 rings (SSSR count). The van der Waals surface area contributed by atoms with Crippen LogP contribution in [-0.2, 0) is 0 Å². The minimum Gasteiger partial charge on any atom is -0.347 e. The Hall–Kier alpha value is -1.77. The van der Waals surface area contributed by atoms with Gasteiger partial charge in [-0.1, -0.05) is 23.1 Å². The monoisotopic (exact) mass is 402 g/mol. The van der Waals surface area contributed by atoms with Crippen LogP contribution in [-0.4, -0.2) is 52.0 Å². The molecule has 2 atom stereocenters. The summed E-state index contributed by atoms with van der Waals surface area (Å²) in [6, 6.07) is 8.15. The van der Waals surface area contributed by atoms with Crippen molar-refractivity contribution in [1.29, 1.82) is 0 Å². The molecular formula is C19H22N4O2S2. The zero-order valence-electron chi connectivity index (χ0n) is 15.3. The van der Waals surface area contributed by atoms with E-state index in [4.69, 9.17) is 0 Å². The SMILES string of the molecule is CC(=O)c1nnc(Sc2ccc(C(=O)N[C@@H]3C4CCN(CC4)[C@H]3C)cc2)s1. The molecule has 3 saturated heterocycles. The van der Waals surface area contributed by atoms with E-state index < -0.39 is 0 Å². The van der Waals surface area contributed by atoms with Crippen molar-refractivity contribution in [3.8, 4) is 0 Å². The van der Waals surface area contributed by atoms with Crippen molar-refractivity contribution in [3.05, 3.63) is 34.8 Å². The molecular weight excluding hydrogens is 380 g/mol. The van der Waals surface area contributed by atoms with E-state index in [-0.39, 0.29) is 17.7 Å². The lowest BCUT2D eigenvalue weighted by molar-refractivity contribution is 0.0217. The average molecular weight is 403 g/mol. The minimum atomic E-state index is -0.0756. The maximum absolute atomic E-state index is 12.7. The Kier molecular flexibility index (Phi) is 5.29. The molecule has 3 aliphatic heterocycles. The molecule has 0 saturated carbocycles. The van der Waals surface area contributed by atoms with Crippen molar-refractivity contribution in [2.24, 2.45) is 5.92 Å². The van der Waals surface area contributed by atoms with Crippen LogP contribution in [0, 0.1) is 5.92 Å². The summed E-state index contributed by atoms with van der Waals surface area (Å²) in [6.45, 7) is 6.01. The first-order valence-electron chi connectivity index (χ1n) is 9.18. The second kappa shape index (κ2) is 7.69. The van der Waals surface area contributed by atoms with Crippen LogP contribution in [0.3, 0.4) is 0 Å². The summed E-state index contributed by atoms with van der Waals surface area (Å²) >= 11 is 2.73. The molecule has 3 aliphatic rings. The van der Waals surface area contributed by atoms with Crippen molar-refractivity contribution >= 4 is 34.8 Å². The van der Waals surface area contributed by atoms with Gasteiger partial charge in [0, 0.05) is 29.5 Å². The first-order chi connectivity index (χ1) is 13.0. The Morgan fingerprint density at radius 3 is 2.48 bits per heavy atom. The molecule has 6 nitrogen and oxygen atoms in total. The highest BCUT2D eigenvalue weighted by Crippen LogP contribution is 2.33. The number of aromatic nitrogens is 2. The number of Topliss-reactive ketones (excluding diaryl/α,β-unsaturated/α-hetero) is 1. The summed E-state index contributed by atoms with van der Waals surface area (Å²) in [6.07, 6.45) is 2.35. The second-order valence-electron chi connectivity index (χ2n) is 7.17. The lowest BCUT2D eigenvalue weighted by Gasteiger charge is -2.49. The van der Waals surface area contributed by atoms with Crippen LogP contribution >= 0.6 is 23.1 Å². The topological polar surface area (TPSA) is 75.2 Å². The molecule has 1 N–H and O–H groups in total. The van der Waals surface area contributed by atoms with Gasteiger partial charge >= 0.3 is 0 Å². The molecule has 0 radical (unpaired) electrons. The van der Waals surface area contributed by atoms with Crippen LogP contribution in [0.4, 0.5) is 0 Å². The van der Waals surface area contributed by atoms with Crippen molar-refractivity contribution in [3.63, 3.8) is 0 Å². The number of ketones is 1. The van der Waals surface area contributed by atoms with Gasteiger partial charge in [0.2, 0.25) is 0 Å². The zero-order valence-corrected chi connectivity index (χ0v) is 17.0. The van der Waals surface area contributed by atoms with E-state index in [9.17, 15) is 9.59 Å². The Bertz CT molecular complexity index is 842. The van der Waals surface area contributed by atoms with Crippen LogP contribution < -0.4 is 5.32 Å². The molecule has 4 heterocycles. The number of nitrogens with one attached hydrogen (secondary N) is 1. The summed E-state index contributed by atoms with van der Waals surface area (Å²) < 4.78 is 0.721. The number of fused-ring (bicyclic) bond motifs is 3. The van der Waals surface area contributed by atoms with Gasteiger partial charge < -0.3 is 5.32 Å². The number of rotatable bonds is 5. The summed E-state index contributed by atoms with van der Waals surface area (Å²) in [4.78, 5) is 27.4. The van der Waals surface area contributed by atoms with E-state index in [1.54, 1.807) is 0 Å². The van der Waals surface area contributed by atoms with E-state index in [1.807, 2.05) is 24.3 Å². The van der Waals surface area contributed by atoms with E-state index in [0.717, 1.165) is 22.3 Å². The van der Waals surface area contributed by atoms with Gasteiger partial charge in [0.15, 0.2) is 15.1 Å². The van der Waals surface area contributed by atoms with Gasteiger partial charge in [-0.3, -0.25) is 14.5 Å². The zero-order chi connectivity index (χ0) is 19.0. The van der Waals surface area contributed by atoms with E-state index in [2.05, 4.69) is 27.3 Å². The van der Waals surface area contributed by atoms with Crippen LogP contribution in [0.5, 0.6) is 0 Å². The number of piperidine rings is 3. The molecule has 0 unspecified atom stereocenters. The van der Waals surface area contributed by atoms with E-state index in [1.165, 1.54) is 42.9 Å². The Morgan fingerprint density at radius 2 is 1.89 bits per heavy atom. The molecule has 27 heavy (non-hydrogen) atoms. The van der Waals surface area contributed by atoms with Gasteiger partial charge in [-0.2, -0.15) is 0 Å². The number of amides is 1. The highest BCUT2D eigenvalue weighted by atomic mass is 32.2. The fourth-order valence-corrected chi connectivity index (χ4v) is 5.67. The Balaban J connectivity index is 1.39. The van der Waals surface area contributed by atoms with Crippen molar-refractivity contribution < 1.29 is 9.59 Å². The molecule has 1 aromatic carbocycles. The van der Waals surface area contributed by atoms with Gasteiger partial charge in [-0.15, -0.1) is 10.2 Å². The molecule has 2 aromatic rings. The summed E-state index contributed by atoms with van der Waals surface area (Å²) in [5, 5.41) is 11.6. The highest BCUT2D eigenvalue weighted by Gasteiger charge is 2.40. The van der Waals surface area contributed by atoms with E-state index in [0.29, 0.717) is 22.5 Å².